The number of anilines is 1. The van der Waals surface area contributed by atoms with Gasteiger partial charge in [0.25, 0.3) is 0 Å². The van der Waals surface area contributed by atoms with Crippen molar-refractivity contribution in [3.63, 3.8) is 0 Å². The Balaban J connectivity index is 2.02. The molecule has 0 aliphatic carbocycles. The van der Waals surface area contributed by atoms with Crippen LogP contribution in [0.1, 0.15) is 5.56 Å². The molecule has 2 aromatic rings. The molecular weight excluding hydrogens is 208 g/mol. The average molecular weight is 220 g/mol. The maximum absolute atomic E-state index is 5.70. The number of nitrogens with zero attached hydrogens (tertiary/aromatic N) is 3. The molecule has 4 nitrogen and oxygen atoms in total. The normalized spacial score (nSPS) is 10.5. The van der Waals surface area contributed by atoms with Crippen molar-refractivity contribution < 1.29 is 0 Å². The Morgan fingerprint density at radius 2 is 2.33 bits per heavy atom. The maximum Gasteiger partial charge on any atom is 0.186 e. The van der Waals surface area contributed by atoms with E-state index in [0.29, 0.717) is 0 Å². The third-order valence-electron chi connectivity index (χ3n) is 1.99. The molecule has 2 N–H and O–H groups in total. The molecule has 0 aliphatic rings. The van der Waals surface area contributed by atoms with E-state index in [1.54, 1.807) is 22.8 Å². The number of aromatic nitrogens is 3. The molecular formula is C10H12N4S. The summed E-state index contributed by atoms with van der Waals surface area (Å²) in [7, 11) is 1.88. The maximum atomic E-state index is 5.70. The SMILES string of the molecule is Cn1ncnc1SCc1cccc(N)c1. The molecule has 5 heteroatoms. The fourth-order valence-corrected chi connectivity index (χ4v) is 2.08. The Morgan fingerprint density at radius 1 is 1.47 bits per heavy atom. The first-order valence-corrected chi connectivity index (χ1v) is 5.55. The van der Waals surface area contributed by atoms with Crippen LogP contribution in [0, 0.1) is 0 Å². The van der Waals surface area contributed by atoms with Crippen LogP contribution in [0.3, 0.4) is 0 Å². The minimum Gasteiger partial charge on any atom is -0.399 e. The van der Waals surface area contributed by atoms with Crippen LogP contribution in [0.2, 0.25) is 0 Å². The molecule has 1 aromatic carbocycles. The average Bonchev–Trinajstić information content (AvgIpc) is 2.61. The molecule has 0 fully saturated rings. The van der Waals surface area contributed by atoms with Gasteiger partial charge in [-0.3, -0.25) is 0 Å². The van der Waals surface area contributed by atoms with Crippen molar-refractivity contribution in [3.05, 3.63) is 36.2 Å². The Bertz CT molecular complexity index is 452. The van der Waals surface area contributed by atoms with Gasteiger partial charge in [0.05, 0.1) is 0 Å². The van der Waals surface area contributed by atoms with Crippen LogP contribution in [-0.4, -0.2) is 14.8 Å². The van der Waals surface area contributed by atoms with E-state index in [2.05, 4.69) is 16.1 Å². The molecule has 0 spiro atoms. The predicted molar refractivity (Wildman–Crippen MR) is 61.4 cm³/mol. The molecule has 0 saturated heterocycles. The molecule has 78 valence electrons. The van der Waals surface area contributed by atoms with Gasteiger partial charge in [-0.15, -0.1) is 0 Å². The fraction of sp³-hybridized carbons (Fsp3) is 0.200. The van der Waals surface area contributed by atoms with E-state index in [0.717, 1.165) is 16.6 Å². The van der Waals surface area contributed by atoms with E-state index < -0.39 is 0 Å². The smallest absolute Gasteiger partial charge is 0.186 e. The molecule has 0 unspecified atom stereocenters. The van der Waals surface area contributed by atoms with E-state index in [9.17, 15) is 0 Å². The number of hydrogen-bond acceptors (Lipinski definition) is 4. The molecule has 0 radical (unpaired) electrons. The molecule has 0 bridgehead atoms. The van der Waals surface area contributed by atoms with Gasteiger partial charge in [-0.2, -0.15) is 5.10 Å². The van der Waals surface area contributed by atoms with Crippen molar-refractivity contribution in [2.75, 3.05) is 5.73 Å². The van der Waals surface area contributed by atoms with E-state index in [-0.39, 0.29) is 0 Å². The topological polar surface area (TPSA) is 56.7 Å². The van der Waals surface area contributed by atoms with Crippen molar-refractivity contribution in [3.8, 4) is 0 Å². The summed E-state index contributed by atoms with van der Waals surface area (Å²) in [5.74, 6) is 0.859. The molecule has 0 amide bonds. The third-order valence-corrected chi connectivity index (χ3v) is 3.09. The molecule has 2 rings (SSSR count). The van der Waals surface area contributed by atoms with Gasteiger partial charge in [0.2, 0.25) is 0 Å². The first-order valence-electron chi connectivity index (χ1n) is 4.57. The summed E-state index contributed by atoms with van der Waals surface area (Å²) >= 11 is 1.65. The fourth-order valence-electron chi connectivity index (χ4n) is 1.25. The zero-order valence-electron chi connectivity index (χ0n) is 8.42. The summed E-state index contributed by atoms with van der Waals surface area (Å²) in [6.07, 6.45) is 1.56. The molecule has 15 heavy (non-hydrogen) atoms. The second-order valence-corrected chi connectivity index (χ2v) is 4.14. The van der Waals surface area contributed by atoms with Crippen LogP contribution in [0.5, 0.6) is 0 Å². The van der Waals surface area contributed by atoms with Crippen molar-refractivity contribution >= 4 is 17.4 Å². The lowest BCUT2D eigenvalue weighted by Gasteiger charge is -2.01. The second kappa shape index (κ2) is 4.35. The van der Waals surface area contributed by atoms with Gasteiger partial charge in [-0.25, -0.2) is 9.67 Å². The van der Waals surface area contributed by atoms with Gasteiger partial charge in [0.1, 0.15) is 6.33 Å². The van der Waals surface area contributed by atoms with Gasteiger partial charge in [-0.1, -0.05) is 23.9 Å². The lowest BCUT2D eigenvalue weighted by Crippen LogP contribution is -1.93. The molecule has 1 heterocycles. The number of aryl methyl sites for hydroxylation is 1. The summed E-state index contributed by atoms with van der Waals surface area (Å²) in [6, 6.07) is 7.88. The van der Waals surface area contributed by atoms with E-state index in [4.69, 9.17) is 5.73 Å². The lowest BCUT2D eigenvalue weighted by atomic mass is 10.2. The van der Waals surface area contributed by atoms with Gasteiger partial charge >= 0.3 is 0 Å². The number of hydrogen-bond donors (Lipinski definition) is 1. The van der Waals surface area contributed by atoms with Gasteiger partial charge < -0.3 is 5.73 Å². The highest BCUT2D eigenvalue weighted by Gasteiger charge is 2.01. The minimum absolute atomic E-state index is 0.797. The van der Waals surface area contributed by atoms with Gasteiger partial charge in [0.15, 0.2) is 5.16 Å². The van der Waals surface area contributed by atoms with Crippen LogP contribution < -0.4 is 5.73 Å². The number of rotatable bonds is 3. The number of nitrogen functional groups attached to an aromatic ring is 1. The monoisotopic (exact) mass is 220 g/mol. The summed E-state index contributed by atoms with van der Waals surface area (Å²) in [4.78, 5) is 4.14. The van der Waals surface area contributed by atoms with Gasteiger partial charge in [-0.05, 0) is 17.7 Å². The Kier molecular flexibility index (Phi) is 2.91. The standard InChI is InChI=1S/C10H12N4S/c1-14-10(12-7-13-14)15-6-8-3-2-4-9(11)5-8/h2-5,7H,6,11H2,1H3. The Labute approximate surface area is 92.5 Å². The van der Waals surface area contributed by atoms with Crippen LogP contribution in [0.4, 0.5) is 5.69 Å². The van der Waals surface area contributed by atoms with Crippen LogP contribution in [0.15, 0.2) is 35.7 Å². The first-order chi connectivity index (χ1) is 7.25. The van der Waals surface area contributed by atoms with Crippen LogP contribution in [0.25, 0.3) is 0 Å². The molecule has 0 aliphatic heterocycles. The summed E-state index contributed by atoms with van der Waals surface area (Å²) in [5, 5.41) is 4.92. The number of thioether (sulfide) groups is 1. The van der Waals surface area contributed by atoms with Crippen molar-refractivity contribution in [1.29, 1.82) is 0 Å². The number of nitrogens with two attached hydrogens (primary N) is 1. The zero-order valence-corrected chi connectivity index (χ0v) is 9.24. The highest BCUT2D eigenvalue weighted by atomic mass is 32.2. The minimum atomic E-state index is 0.797. The van der Waals surface area contributed by atoms with Gasteiger partial charge in [0, 0.05) is 18.5 Å². The second-order valence-electron chi connectivity index (χ2n) is 3.20. The Hall–Kier alpha value is -1.49. The summed E-state index contributed by atoms with van der Waals surface area (Å²) in [6.45, 7) is 0. The third kappa shape index (κ3) is 2.50. The van der Waals surface area contributed by atoms with E-state index in [1.165, 1.54) is 5.56 Å². The molecule has 1 aromatic heterocycles. The summed E-state index contributed by atoms with van der Waals surface area (Å²) in [5.41, 5.74) is 7.69. The largest absolute Gasteiger partial charge is 0.399 e. The quantitative estimate of drug-likeness (QED) is 0.631. The highest BCUT2D eigenvalue weighted by Crippen LogP contribution is 2.20. The lowest BCUT2D eigenvalue weighted by molar-refractivity contribution is 0.685. The molecule has 0 atom stereocenters. The predicted octanol–water partition coefficient (Wildman–Crippen LogP) is 1.69. The highest BCUT2D eigenvalue weighted by molar-refractivity contribution is 7.98. The number of benzene rings is 1. The van der Waals surface area contributed by atoms with Crippen molar-refractivity contribution in [2.24, 2.45) is 7.05 Å². The molecule has 0 saturated carbocycles. The Morgan fingerprint density at radius 3 is 3.00 bits per heavy atom. The first kappa shape index (κ1) is 10.0. The van der Waals surface area contributed by atoms with Crippen LogP contribution >= 0.6 is 11.8 Å². The summed E-state index contributed by atoms with van der Waals surface area (Å²) < 4.78 is 1.76. The van der Waals surface area contributed by atoms with E-state index >= 15 is 0 Å². The van der Waals surface area contributed by atoms with Crippen molar-refractivity contribution in [2.45, 2.75) is 10.9 Å². The van der Waals surface area contributed by atoms with Crippen LogP contribution in [-0.2, 0) is 12.8 Å². The van der Waals surface area contributed by atoms with Crippen molar-refractivity contribution in [1.82, 2.24) is 14.8 Å². The zero-order chi connectivity index (χ0) is 10.7. The van der Waals surface area contributed by atoms with E-state index in [1.807, 2.05) is 25.2 Å².